The van der Waals surface area contributed by atoms with Gasteiger partial charge in [0.2, 0.25) is 10.0 Å². The van der Waals surface area contributed by atoms with Crippen LogP contribution < -0.4 is 0 Å². The molecule has 1 atom stereocenters. The largest absolute Gasteiger partial charge is 0.379 e. The van der Waals surface area contributed by atoms with E-state index in [0.29, 0.717) is 37.7 Å². The Morgan fingerprint density at radius 2 is 1.79 bits per heavy atom. The summed E-state index contributed by atoms with van der Waals surface area (Å²) in [5.74, 6) is -0.227. The molecule has 4 rings (SSSR count). The Labute approximate surface area is 165 Å². The minimum atomic E-state index is -3.50. The lowest BCUT2D eigenvalue weighted by Crippen LogP contribution is -2.40. The summed E-state index contributed by atoms with van der Waals surface area (Å²) in [5.41, 5.74) is 2.08. The Bertz CT molecular complexity index is 912. The van der Waals surface area contributed by atoms with Gasteiger partial charge in [-0.25, -0.2) is 12.8 Å². The molecular weight excluding hydrogens is 379 g/mol. The van der Waals surface area contributed by atoms with Crippen LogP contribution in [0.5, 0.6) is 0 Å². The number of sulfonamides is 1. The van der Waals surface area contributed by atoms with Gasteiger partial charge in [0.05, 0.1) is 18.1 Å². The molecule has 0 N–H and O–H groups in total. The molecule has 0 spiro atoms. The van der Waals surface area contributed by atoms with Crippen molar-refractivity contribution in [1.82, 2.24) is 9.21 Å². The molecule has 28 heavy (non-hydrogen) atoms. The summed E-state index contributed by atoms with van der Waals surface area (Å²) in [6.45, 7) is 3.28. The van der Waals surface area contributed by atoms with Crippen molar-refractivity contribution in [2.24, 2.45) is 0 Å². The highest BCUT2D eigenvalue weighted by Crippen LogP contribution is 2.33. The number of hydrogen-bond donors (Lipinski definition) is 0. The van der Waals surface area contributed by atoms with Crippen molar-refractivity contribution >= 4 is 10.0 Å². The van der Waals surface area contributed by atoms with Crippen LogP contribution >= 0.6 is 0 Å². The maximum atomic E-state index is 13.2. The van der Waals surface area contributed by atoms with Gasteiger partial charge in [0.1, 0.15) is 5.82 Å². The fourth-order valence-electron chi connectivity index (χ4n) is 4.05. The fourth-order valence-corrected chi connectivity index (χ4v) is 5.53. The molecule has 2 aromatic rings. The number of hydrogen-bond acceptors (Lipinski definition) is 4. The van der Waals surface area contributed by atoms with Crippen molar-refractivity contribution in [2.45, 2.75) is 30.3 Å². The number of likely N-dealkylation sites (tertiary alicyclic amines) is 1. The molecule has 2 aliphatic heterocycles. The molecule has 2 saturated heterocycles. The van der Waals surface area contributed by atoms with Crippen LogP contribution in [0, 0.1) is 5.82 Å². The van der Waals surface area contributed by atoms with Gasteiger partial charge in [-0.1, -0.05) is 24.3 Å². The van der Waals surface area contributed by atoms with Crippen LogP contribution in [0.1, 0.15) is 30.0 Å². The average molecular weight is 405 g/mol. The molecule has 0 amide bonds. The maximum Gasteiger partial charge on any atom is 0.243 e. The Kier molecular flexibility index (Phi) is 5.78. The van der Waals surface area contributed by atoms with Crippen LogP contribution in [-0.4, -0.2) is 50.5 Å². The molecule has 0 bridgehead atoms. The molecule has 5 nitrogen and oxygen atoms in total. The highest BCUT2D eigenvalue weighted by molar-refractivity contribution is 7.89. The second-order valence-corrected chi connectivity index (χ2v) is 9.28. The average Bonchev–Trinajstić information content (AvgIpc) is 3.17. The van der Waals surface area contributed by atoms with Gasteiger partial charge in [-0.15, -0.1) is 0 Å². The van der Waals surface area contributed by atoms with Gasteiger partial charge in [0.15, 0.2) is 0 Å². The van der Waals surface area contributed by atoms with Crippen LogP contribution in [0.25, 0.3) is 0 Å². The number of rotatable bonds is 5. The number of nitrogens with zero attached hydrogens (tertiary/aromatic N) is 2. The summed E-state index contributed by atoms with van der Waals surface area (Å²) in [7, 11) is -3.50. The van der Waals surface area contributed by atoms with Gasteiger partial charge in [0.25, 0.3) is 0 Å². The minimum absolute atomic E-state index is 0.227. The Morgan fingerprint density at radius 1 is 1.04 bits per heavy atom. The molecule has 150 valence electrons. The molecule has 0 aliphatic carbocycles. The van der Waals surface area contributed by atoms with Crippen molar-refractivity contribution in [3.63, 3.8) is 0 Å². The second-order valence-electron chi connectivity index (χ2n) is 7.34. The lowest BCUT2D eigenvalue weighted by molar-refractivity contribution is 0.0730. The van der Waals surface area contributed by atoms with E-state index in [-0.39, 0.29) is 11.9 Å². The van der Waals surface area contributed by atoms with Gasteiger partial charge in [-0.3, -0.25) is 4.90 Å². The summed E-state index contributed by atoms with van der Waals surface area (Å²) in [4.78, 5) is 2.68. The third-order valence-corrected chi connectivity index (χ3v) is 7.41. The molecule has 0 unspecified atom stereocenters. The van der Waals surface area contributed by atoms with Gasteiger partial charge < -0.3 is 4.74 Å². The van der Waals surface area contributed by atoms with Crippen LogP contribution in [0.15, 0.2) is 53.4 Å². The molecule has 2 heterocycles. The topological polar surface area (TPSA) is 49.9 Å². The first-order chi connectivity index (χ1) is 13.5. The predicted octanol–water partition coefficient (Wildman–Crippen LogP) is 3.18. The van der Waals surface area contributed by atoms with Gasteiger partial charge in [-0.2, -0.15) is 4.31 Å². The van der Waals surface area contributed by atoms with E-state index in [1.165, 1.54) is 16.4 Å². The van der Waals surface area contributed by atoms with E-state index in [1.54, 1.807) is 12.1 Å². The molecular formula is C21H25FN2O3S. The molecule has 7 heteroatoms. The monoisotopic (exact) mass is 404 g/mol. The Morgan fingerprint density at radius 3 is 2.54 bits per heavy atom. The third-order valence-electron chi connectivity index (χ3n) is 5.51. The predicted molar refractivity (Wildman–Crippen MR) is 105 cm³/mol. The summed E-state index contributed by atoms with van der Waals surface area (Å²) in [6.07, 6.45) is 2.10. The van der Waals surface area contributed by atoms with Crippen LogP contribution in [0.3, 0.4) is 0 Å². The zero-order valence-electron chi connectivity index (χ0n) is 15.8. The Hall–Kier alpha value is -1.80. The van der Waals surface area contributed by atoms with Gasteiger partial charge in [0, 0.05) is 25.7 Å². The fraction of sp³-hybridized carbons (Fsp3) is 0.429. The summed E-state index contributed by atoms with van der Waals surface area (Å²) in [5, 5.41) is 0. The number of benzene rings is 2. The van der Waals surface area contributed by atoms with Gasteiger partial charge in [-0.05, 0) is 54.8 Å². The Balaban J connectivity index is 1.52. The van der Waals surface area contributed by atoms with E-state index in [2.05, 4.69) is 4.90 Å². The third kappa shape index (κ3) is 4.12. The van der Waals surface area contributed by atoms with Crippen molar-refractivity contribution in [1.29, 1.82) is 0 Å². The molecule has 0 aromatic heterocycles. The molecule has 2 aromatic carbocycles. The smallest absolute Gasteiger partial charge is 0.243 e. The van der Waals surface area contributed by atoms with Crippen molar-refractivity contribution in [2.75, 3.05) is 32.8 Å². The first kappa shape index (κ1) is 19.5. The number of halogens is 1. The summed E-state index contributed by atoms with van der Waals surface area (Å²) in [6, 6.07) is 14.2. The number of morpholine rings is 1. The SMILES string of the molecule is O=S(=O)(c1cccc(CN2CCC[C@@H]2c2ccc(F)cc2)c1)N1CCOCC1. The molecule has 2 aliphatic rings. The van der Waals surface area contributed by atoms with Gasteiger partial charge >= 0.3 is 0 Å². The quantitative estimate of drug-likeness (QED) is 0.768. The normalized spacial score (nSPS) is 21.8. The van der Waals surface area contributed by atoms with E-state index in [4.69, 9.17) is 4.74 Å². The minimum Gasteiger partial charge on any atom is -0.379 e. The van der Waals surface area contributed by atoms with Crippen LogP contribution in [-0.2, 0) is 21.3 Å². The summed E-state index contributed by atoms with van der Waals surface area (Å²) < 4.78 is 45.8. The van der Waals surface area contributed by atoms with Crippen molar-refractivity contribution in [3.05, 3.63) is 65.5 Å². The maximum absolute atomic E-state index is 13.2. The lowest BCUT2D eigenvalue weighted by Gasteiger charge is -2.27. The standard InChI is InChI=1S/C21H25FN2O3S/c22-19-8-6-18(7-9-19)21-5-2-10-23(21)16-17-3-1-4-20(15-17)28(25,26)24-11-13-27-14-12-24/h1,3-4,6-9,15,21H,2,5,10-14,16H2/t21-/m1/s1. The highest BCUT2D eigenvalue weighted by atomic mass is 32.2. The summed E-state index contributed by atoms with van der Waals surface area (Å²) >= 11 is 0. The van der Waals surface area contributed by atoms with E-state index in [9.17, 15) is 12.8 Å². The van der Waals surface area contributed by atoms with Crippen LogP contribution in [0.2, 0.25) is 0 Å². The molecule has 0 saturated carbocycles. The van der Waals surface area contributed by atoms with E-state index < -0.39 is 10.0 Å². The first-order valence-corrected chi connectivity index (χ1v) is 11.1. The second kappa shape index (κ2) is 8.29. The first-order valence-electron chi connectivity index (χ1n) is 9.70. The van der Waals surface area contributed by atoms with Crippen molar-refractivity contribution in [3.8, 4) is 0 Å². The van der Waals surface area contributed by atoms with E-state index >= 15 is 0 Å². The molecule has 2 fully saturated rings. The highest BCUT2D eigenvalue weighted by Gasteiger charge is 2.28. The zero-order chi connectivity index (χ0) is 19.6. The van der Waals surface area contributed by atoms with E-state index in [1.807, 2.05) is 24.3 Å². The van der Waals surface area contributed by atoms with Crippen LogP contribution in [0.4, 0.5) is 4.39 Å². The zero-order valence-corrected chi connectivity index (χ0v) is 16.6. The van der Waals surface area contributed by atoms with E-state index in [0.717, 1.165) is 30.5 Å². The number of ether oxygens (including phenoxy) is 1. The molecule has 0 radical (unpaired) electrons. The lowest BCUT2D eigenvalue weighted by atomic mass is 10.0. The van der Waals surface area contributed by atoms with Crippen molar-refractivity contribution < 1.29 is 17.5 Å².